The van der Waals surface area contributed by atoms with Crippen LogP contribution in [0.15, 0.2) is 0 Å². The van der Waals surface area contributed by atoms with Crippen molar-refractivity contribution in [2.75, 3.05) is 39.5 Å². The lowest BCUT2D eigenvalue weighted by Crippen LogP contribution is -2.70. The molecule has 15 atom stereocenters. The Labute approximate surface area is 244 Å². The number of hydrogen-bond donors (Lipinski definition) is 14. The van der Waals surface area contributed by atoms with Gasteiger partial charge in [0.05, 0.1) is 62.4 Å². The molecule has 0 amide bonds. The first-order chi connectivity index (χ1) is 20.0. The molecule has 17 N–H and O–H groups in total. The van der Waals surface area contributed by atoms with E-state index in [4.69, 9.17) is 31.4 Å². The molecule has 0 aromatic rings. The van der Waals surface area contributed by atoms with Gasteiger partial charge in [-0.05, 0) is 19.4 Å². The molecule has 0 aromatic carbocycles. The number of rotatable bonds is 14. The fourth-order valence-corrected chi connectivity index (χ4v) is 6.06. The van der Waals surface area contributed by atoms with Crippen LogP contribution in [0.3, 0.4) is 0 Å². The summed E-state index contributed by atoms with van der Waals surface area (Å²) >= 11 is 0. The van der Waals surface area contributed by atoms with Gasteiger partial charge in [0.25, 0.3) is 0 Å². The monoisotopic (exact) mass is 613 g/mol. The van der Waals surface area contributed by atoms with Gasteiger partial charge in [-0.3, -0.25) is 0 Å². The minimum atomic E-state index is -1.56. The van der Waals surface area contributed by atoms with Gasteiger partial charge in [-0.25, -0.2) is 0 Å². The van der Waals surface area contributed by atoms with Gasteiger partial charge in [0.2, 0.25) is 0 Å². The van der Waals surface area contributed by atoms with Crippen LogP contribution in [0.25, 0.3) is 0 Å². The van der Waals surface area contributed by atoms with Gasteiger partial charge < -0.3 is 88.0 Å². The van der Waals surface area contributed by atoms with Gasteiger partial charge in [-0.2, -0.15) is 0 Å². The number of aliphatic hydroxyl groups is 9. The maximum atomic E-state index is 11.7. The molecule has 3 rings (SSSR count). The van der Waals surface area contributed by atoms with E-state index in [-0.39, 0.29) is 25.9 Å². The van der Waals surface area contributed by atoms with Crippen molar-refractivity contribution >= 4 is 0 Å². The van der Waals surface area contributed by atoms with Crippen molar-refractivity contribution in [1.29, 1.82) is 0 Å². The van der Waals surface area contributed by atoms with Crippen LogP contribution in [-0.2, 0) is 14.2 Å². The Morgan fingerprint density at radius 1 is 0.905 bits per heavy atom. The third kappa shape index (κ3) is 8.52. The Balaban J connectivity index is 1.82. The summed E-state index contributed by atoms with van der Waals surface area (Å²) in [5.74, 6) is -1.00. The molecule has 3 aliphatic rings. The van der Waals surface area contributed by atoms with Crippen LogP contribution in [0.4, 0.5) is 0 Å². The van der Waals surface area contributed by atoms with E-state index in [1.807, 2.05) is 0 Å². The molecular weight excluding hydrogens is 562 g/mol. The number of ether oxygens (including phenoxy) is 3. The lowest BCUT2D eigenvalue weighted by Gasteiger charge is -2.51. The van der Waals surface area contributed by atoms with Crippen LogP contribution in [0.1, 0.15) is 19.3 Å². The summed E-state index contributed by atoms with van der Waals surface area (Å²) in [6, 6.07) is -3.70. The van der Waals surface area contributed by atoms with Crippen molar-refractivity contribution in [3.63, 3.8) is 0 Å². The van der Waals surface area contributed by atoms with E-state index in [0.717, 1.165) is 0 Å². The predicted octanol–water partition coefficient (Wildman–Crippen LogP) is -7.66. The van der Waals surface area contributed by atoms with Crippen molar-refractivity contribution < 1.29 is 60.2 Å². The van der Waals surface area contributed by atoms with Crippen molar-refractivity contribution in [2.45, 2.75) is 111 Å². The fourth-order valence-electron chi connectivity index (χ4n) is 6.06. The first kappa shape index (κ1) is 35.8. The Hall–Kier alpha value is -0.680. The Morgan fingerprint density at radius 3 is 2.21 bits per heavy atom. The lowest BCUT2D eigenvalue weighted by atomic mass is 9.72. The van der Waals surface area contributed by atoms with Crippen molar-refractivity contribution in [3.8, 4) is 0 Å². The molecule has 42 heavy (non-hydrogen) atoms. The molecule has 1 saturated carbocycles. The lowest BCUT2D eigenvalue weighted by molar-refractivity contribution is -0.308. The second kappa shape index (κ2) is 16.6. The summed E-state index contributed by atoms with van der Waals surface area (Å²) in [7, 11) is 0. The highest BCUT2D eigenvalue weighted by Crippen LogP contribution is 2.37. The molecule has 1 aliphatic carbocycles. The van der Waals surface area contributed by atoms with Gasteiger partial charge in [-0.1, -0.05) is 0 Å². The molecule has 0 spiro atoms. The third-order valence-electron chi connectivity index (χ3n) is 8.48. The Morgan fingerprint density at radius 2 is 1.60 bits per heavy atom. The van der Waals surface area contributed by atoms with Crippen LogP contribution in [-0.4, -0.2) is 177 Å². The fraction of sp³-hybridized carbons (Fsp3) is 1.00. The summed E-state index contributed by atoms with van der Waals surface area (Å²) in [6.07, 6.45) is -12.8. The minimum Gasteiger partial charge on any atom is -0.395 e. The average Bonchev–Trinajstić information content (AvgIpc) is 2.95. The summed E-state index contributed by atoms with van der Waals surface area (Å²) in [4.78, 5) is 0. The maximum absolute atomic E-state index is 11.7. The number of nitrogens with one attached hydrogen (secondary N) is 2. The second-order valence-corrected chi connectivity index (χ2v) is 11.6. The average molecular weight is 614 g/mol. The number of aliphatic hydroxyl groups excluding tert-OH is 9. The van der Waals surface area contributed by atoms with Gasteiger partial charge in [0.15, 0.2) is 6.29 Å². The smallest absolute Gasteiger partial charge is 0.186 e. The van der Waals surface area contributed by atoms with Gasteiger partial charge in [0.1, 0.15) is 30.5 Å². The molecule has 248 valence electrons. The molecule has 17 heteroatoms. The van der Waals surface area contributed by atoms with Crippen LogP contribution < -0.4 is 27.8 Å². The van der Waals surface area contributed by atoms with Crippen molar-refractivity contribution in [2.24, 2.45) is 23.1 Å². The number of hydrogen-bond acceptors (Lipinski definition) is 17. The molecule has 2 saturated heterocycles. The third-order valence-corrected chi connectivity index (χ3v) is 8.48. The van der Waals surface area contributed by atoms with Crippen LogP contribution in [0.2, 0.25) is 0 Å². The van der Waals surface area contributed by atoms with Gasteiger partial charge in [0, 0.05) is 37.5 Å². The zero-order valence-electron chi connectivity index (χ0n) is 23.6. The van der Waals surface area contributed by atoms with Gasteiger partial charge in [-0.15, -0.1) is 0 Å². The highest BCUT2D eigenvalue weighted by Gasteiger charge is 2.54. The van der Waals surface area contributed by atoms with E-state index in [1.54, 1.807) is 0 Å². The minimum absolute atomic E-state index is 0.0827. The van der Waals surface area contributed by atoms with E-state index in [2.05, 4.69) is 10.6 Å². The summed E-state index contributed by atoms with van der Waals surface area (Å²) < 4.78 is 17.7. The summed E-state index contributed by atoms with van der Waals surface area (Å²) in [6.45, 7) is -0.748. The largest absolute Gasteiger partial charge is 0.395 e. The van der Waals surface area contributed by atoms with E-state index < -0.39 is 117 Å². The van der Waals surface area contributed by atoms with E-state index >= 15 is 0 Å². The maximum Gasteiger partial charge on any atom is 0.186 e. The van der Waals surface area contributed by atoms with Crippen molar-refractivity contribution in [3.05, 3.63) is 0 Å². The second-order valence-electron chi connectivity index (χ2n) is 11.6. The quantitative estimate of drug-likeness (QED) is 0.0864. The normalized spacial score (nSPS) is 43.9. The molecule has 2 aliphatic heterocycles. The van der Waals surface area contributed by atoms with Crippen molar-refractivity contribution in [1.82, 2.24) is 10.6 Å². The molecule has 17 nitrogen and oxygen atoms in total. The molecule has 0 aromatic heterocycles. The Bertz CT molecular complexity index is 788. The first-order valence-corrected chi connectivity index (χ1v) is 14.5. The number of nitrogens with two attached hydrogens (primary N) is 3. The molecule has 0 bridgehead atoms. The zero-order valence-corrected chi connectivity index (χ0v) is 23.6. The Kier molecular flexibility index (Phi) is 14.1. The first-order valence-electron chi connectivity index (χ1n) is 14.5. The van der Waals surface area contributed by atoms with E-state index in [1.165, 1.54) is 0 Å². The van der Waals surface area contributed by atoms with E-state index in [9.17, 15) is 46.0 Å². The van der Waals surface area contributed by atoms with Crippen LogP contribution >= 0.6 is 0 Å². The standard InChI is InChI=1S/C25H51N5O12/c26-2-1-11(34)5-29-6-12-3-15(35)19(36)24(40-12)17-13(27)4-14(30-10(7-31)8-32)23(21(17)38)42-25-22(39)18(28)20(37)16(9-33)41-25/h10-25,29-39H,1-9,26-28H2. The summed E-state index contributed by atoms with van der Waals surface area (Å²) in [5.41, 5.74) is 17.9. The molecule has 15 unspecified atom stereocenters. The highest BCUT2D eigenvalue weighted by atomic mass is 16.7. The SMILES string of the molecule is NCCC(O)CNCC1CC(O)C(O)C(C2C(N)CC(NC(CO)CO)C(OC3OC(CO)C(O)C(N)C3O)C2O)O1. The molecule has 3 fully saturated rings. The molecular formula is C25H51N5O12. The van der Waals surface area contributed by atoms with E-state index in [0.29, 0.717) is 13.0 Å². The molecule has 0 radical (unpaired) electrons. The molecule has 2 heterocycles. The van der Waals surface area contributed by atoms with Crippen LogP contribution in [0, 0.1) is 5.92 Å². The highest BCUT2D eigenvalue weighted by molar-refractivity contribution is 5.06. The van der Waals surface area contributed by atoms with Crippen LogP contribution in [0.5, 0.6) is 0 Å². The zero-order chi connectivity index (χ0) is 31.1. The summed E-state index contributed by atoms with van der Waals surface area (Å²) in [5, 5.41) is 99.0. The van der Waals surface area contributed by atoms with Gasteiger partial charge >= 0.3 is 0 Å². The predicted molar refractivity (Wildman–Crippen MR) is 145 cm³/mol. The topological polar surface area (TPSA) is 312 Å².